The van der Waals surface area contributed by atoms with Crippen LogP contribution in [0.25, 0.3) is 10.9 Å². The van der Waals surface area contributed by atoms with Gasteiger partial charge in [-0.3, -0.25) is 0 Å². The van der Waals surface area contributed by atoms with Crippen LogP contribution in [-0.4, -0.2) is 33.3 Å². The number of thioether (sulfide) groups is 1. The lowest BCUT2D eigenvalue weighted by atomic mass is 10.1. The van der Waals surface area contributed by atoms with E-state index in [0.29, 0.717) is 25.2 Å². The minimum atomic E-state index is -0.277. The van der Waals surface area contributed by atoms with Crippen molar-refractivity contribution in [1.29, 1.82) is 0 Å². The highest BCUT2D eigenvalue weighted by atomic mass is 32.2. The van der Waals surface area contributed by atoms with Gasteiger partial charge in [-0.1, -0.05) is 11.6 Å². The summed E-state index contributed by atoms with van der Waals surface area (Å²) in [4.78, 5) is 11.7. The van der Waals surface area contributed by atoms with Crippen molar-refractivity contribution >= 4 is 33.5 Å². The quantitative estimate of drug-likeness (QED) is 0.714. The van der Waals surface area contributed by atoms with E-state index in [4.69, 9.17) is 9.98 Å². The molecule has 0 unspecified atom stereocenters. The molecule has 2 heterocycles. The molecule has 0 fully saturated rings. The largest absolute Gasteiger partial charge is 0.396 e. The Morgan fingerprint density at radius 2 is 2.00 bits per heavy atom. The van der Waals surface area contributed by atoms with Crippen LogP contribution in [0.15, 0.2) is 58.5 Å². The molecular formula is C21H20FN3OS. The first-order valence-corrected chi connectivity index (χ1v) is 9.72. The number of aromatic nitrogens is 1. The van der Waals surface area contributed by atoms with E-state index in [9.17, 15) is 9.50 Å². The van der Waals surface area contributed by atoms with Crippen LogP contribution in [0.4, 0.5) is 10.1 Å². The second-order valence-electron chi connectivity index (χ2n) is 6.62. The Morgan fingerprint density at radius 3 is 2.78 bits per heavy atom. The van der Waals surface area contributed by atoms with Gasteiger partial charge in [-0.2, -0.15) is 0 Å². The summed E-state index contributed by atoms with van der Waals surface area (Å²) >= 11 is 1.52. The van der Waals surface area contributed by atoms with Crippen LogP contribution >= 0.6 is 11.8 Å². The van der Waals surface area contributed by atoms with E-state index in [0.717, 1.165) is 26.7 Å². The van der Waals surface area contributed by atoms with E-state index in [1.54, 1.807) is 12.1 Å². The summed E-state index contributed by atoms with van der Waals surface area (Å²) < 4.78 is 13.2. The zero-order chi connectivity index (χ0) is 18.8. The molecule has 4 rings (SSSR count). The minimum Gasteiger partial charge on any atom is -0.396 e. The summed E-state index contributed by atoms with van der Waals surface area (Å²) in [6, 6.07) is 14.6. The van der Waals surface area contributed by atoms with Gasteiger partial charge in [0.05, 0.1) is 11.2 Å². The number of fused-ring (bicyclic) bond motifs is 2. The topological polar surface area (TPSA) is 48.7 Å². The number of nitrogens with zero attached hydrogens (tertiary/aromatic N) is 3. The molecule has 0 saturated heterocycles. The molecule has 1 aromatic heterocycles. The van der Waals surface area contributed by atoms with Crippen molar-refractivity contribution in [2.45, 2.75) is 24.9 Å². The summed E-state index contributed by atoms with van der Waals surface area (Å²) in [5, 5.41) is 12.2. The second kappa shape index (κ2) is 7.66. The second-order valence-corrected chi connectivity index (χ2v) is 7.58. The number of aliphatic hydroxyl groups is 1. The smallest absolute Gasteiger partial charge is 0.171 e. The maximum atomic E-state index is 13.2. The number of aliphatic imine (C=N–C) groups is 1. The highest BCUT2D eigenvalue weighted by Gasteiger charge is 2.24. The maximum absolute atomic E-state index is 13.2. The fourth-order valence-corrected chi connectivity index (χ4v) is 4.11. The number of halogens is 1. The first-order valence-electron chi connectivity index (χ1n) is 8.90. The van der Waals surface area contributed by atoms with Gasteiger partial charge >= 0.3 is 0 Å². The summed E-state index contributed by atoms with van der Waals surface area (Å²) in [6.07, 6.45) is 0.665. The average Bonchev–Trinajstić information content (AvgIpc) is 2.66. The molecule has 0 radical (unpaired) electrons. The predicted octanol–water partition coefficient (Wildman–Crippen LogP) is 4.66. The van der Waals surface area contributed by atoms with E-state index in [1.807, 2.05) is 6.07 Å². The summed E-state index contributed by atoms with van der Waals surface area (Å²) in [5.41, 5.74) is 4.04. The number of rotatable bonds is 4. The molecule has 0 amide bonds. The molecule has 1 aliphatic rings. The third-order valence-electron chi connectivity index (χ3n) is 4.47. The van der Waals surface area contributed by atoms with Crippen molar-refractivity contribution < 1.29 is 9.50 Å². The Labute approximate surface area is 161 Å². The van der Waals surface area contributed by atoms with Crippen molar-refractivity contribution in [2.24, 2.45) is 4.99 Å². The van der Waals surface area contributed by atoms with Crippen molar-refractivity contribution in [3.05, 3.63) is 65.5 Å². The Kier molecular flexibility index (Phi) is 5.09. The third-order valence-corrected chi connectivity index (χ3v) is 5.55. The van der Waals surface area contributed by atoms with Crippen LogP contribution in [0.3, 0.4) is 0 Å². The summed E-state index contributed by atoms with van der Waals surface area (Å²) in [7, 11) is 0. The van der Waals surface area contributed by atoms with Gasteiger partial charge < -0.3 is 10.0 Å². The van der Waals surface area contributed by atoms with Gasteiger partial charge in [-0.25, -0.2) is 14.4 Å². The number of benzene rings is 2. The highest BCUT2D eigenvalue weighted by molar-refractivity contribution is 8.13. The lowest BCUT2D eigenvalue weighted by Crippen LogP contribution is -2.33. The SMILES string of the molecule is Cc1ccc2nc3c(cc2c1)CN(CCCO)C(=Nc1ccc(F)cc1)S3. The molecule has 138 valence electrons. The van der Waals surface area contributed by atoms with Crippen LogP contribution in [0, 0.1) is 12.7 Å². The normalized spacial score (nSPS) is 15.4. The molecule has 1 N–H and O–H groups in total. The van der Waals surface area contributed by atoms with Gasteiger partial charge in [0.2, 0.25) is 0 Å². The fraction of sp³-hybridized carbons (Fsp3) is 0.238. The average molecular weight is 381 g/mol. The van der Waals surface area contributed by atoms with Gasteiger partial charge in [0.1, 0.15) is 10.8 Å². The van der Waals surface area contributed by atoms with Crippen molar-refractivity contribution in [3.63, 3.8) is 0 Å². The lowest BCUT2D eigenvalue weighted by Gasteiger charge is -2.30. The van der Waals surface area contributed by atoms with Crippen LogP contribution in [0.2, 0.25) is 0 Å². The number of pyridine rings is 1. The number of hydrogen-bond donors (Lipinski definition) is 1. The standard InChI is InChI=1S/C21H20FN3OS/c1-14-3-8-19-15(11-14)12-16-13-25(9-2-10-26)21(27-20(16)24-19)23-18-6-4-17(22)5-7-18/h3-8,11-12,26H,2,9-10,13H2,1H3. The molecule has 2 aromatic carbocycles. The lowest BCUT2D eigenvalue weighted by molar-refractivity contribution is 0.265. The number of aliphatic hydroxyl groups excluding tert-OH is 1. The molecule has 3 aromatic rings. The molecular weight excluding hydrogens is 361 g/mol. The van der Waals surface area contributed by atoms with E-state index in [2.05, 4.69) is 30.0 Å². The number of aryl methyl sites for hydroxylation is 1. The van der Waals surface area contributed by atoms with E-state index in [-0.39, 0.29) is 12.4 Å². The minimum absolute atomic E-state index is 0.132. The van der Waals surface area contributed by atoms with Crippen LogP contribution in [0.1, 0.15) is 17.5 Å². The third kappa shape index (κ3) is 3.96. The van der Waals surface area contributed by atoms with Gasteiger partial charge in [0, 0.05) is 30.6 Å². The van der Waals surface area contributed by atoms with Crippen LogP contribution in [0.5, 0.6) is 0 Å². The van der Waals surface area contributed by atoms with Crippen molar-refractivity contribution in [1.82, 2.24) is 9.88 Å². The monoisotopic (exact) mass is 381 g/mol. The molecule has 0 aliphatic carbocycles. The van der Waals surface area contributed by atoms with Crippen LogP contribution in [-0.2, 0) is 6.54 Å². The van der Waals surface area contributed by atoms with E-state index < -0.39 is 0 Å². The molecule has 0 saturated carbocycles. The molecule has 0 atom stereocenters. The molecule has 1 aliphatic heterocycles. The number of hydrogen-bond acceptors (Lipinski definition) is 4. The van der Waals surface area contributed by atoms with E-state index in [1.165, 1.54) is 29.5 Å². The van der Waals surface area contributed by atoms with Gasteiger partial charge in [-0.05, 0) is 67.6 Å². The Balaban J connectivity index is 1.73. The molecule has 0 bridgehead atoms. The van der Waals surface area contributed by atoms with Gasteiger partial charge in [0.15, 0.2) is 5.17 Å². The van der Waals surface area contributed by atoms with Crippen molar-refractivity contribution in [2.75, 3.05) is 13.2 Å². The summed E-state index contributed by atoms with van der Waals surface area (Å²) in [6.45, 7) is 3.61. The van der Waals surface area contributed by atoms with Crippen molar-refractivity contribution in [3.8, 4) is 0 Å². The fourth-order valence-electron chi connectivity index (χ4n) is 3.10. The first-order chi connectivity index (χ1) is 13.1. The first kappa shape index (κ1) is 17.9. The highest BCUT2D eigenvalue weighted by Crippen LogP contribution is 2.34. The zero-order valence-electron chi connectivity index (χ0n) is 15.0. The van der Waals surface area contributed by atoms with Crippen LogP contribution < -0.4 is 0 Å². The predicted molar refractivity (Wildman–Crippen MR) is 108 cm³/mol. The maximum Gasteiger partial charge on any atom is 0.171 e. The zero-order valence-corrected chi connectivity index (χ0v) is 15.8. The Bertz CT molecular complexity index is 1000. The molecule has 0 spiro atoms. The molecule has 4 nitrogen and oxygen atoms in total. The number of amidine groups is 1. The van der Waals surface area contributed by atoms with Gasteiger partial charge in [-0.15, -0.1) is 0 Å². The summed E-state index contributed by atoms with van der Waals surface area (Å²) in [5.74, 6) is -0.277. The van der Waals surface area contributed by atoms with Gasteiger partial charge in [0.25, 0.3) is 0 Å². The molecule has 6 heteroatoms. The molecule has 27 heavy (non-hydrogen) atoms. The Hall–Kier alpha value is -2.44. The Morgan fingerprint density at radius 1 is 1.19 bits per heavy atom. The van der Waals surface area contributed by atoms with E-state index >= 15 is 0 Å².